The molecule has 0 unspecified atom stereocenters. The first-order valence-corrected chi connectivity index (χ1v) is 6.69. The van der Waals surface area contributed by atoms with Gasteiger partial charge in [-0.1, -0.05) is 35.9 Å². The van der Waals surface area contributed by atoms with Crippen molar-refractivity contribution >= 4 is 17.5 Å². The normalized spacial score (nSPS) is 11.5. The van der Waals surface area contributed by atoms with Crippen molar-refractivity contribution in [3.05, 3.63) is 74.3 Å². The smallest absolute Gasteiger partial charge is 0.277 e. The number of anilines is 1. The fraction of sp³-hybridized carbons (Fsp3) is 0.176. The molecule has 21 heavy (non-hydrogen) atoms. The quantitative estimate of drug-likeness (QED) is 0.401. The minimum Gasteiger partial charge on any atom is -0.398 e. The Balaban J connectivity index is 2.66. The Kier molecular flexibility index (Phi) is 4.08. The molecule has 0 spiro atoms. The van der Waals surface area contributed by atoms with Crippen LogP contribution in [-0.4, -0.2) is 4.92 Å². The minimum absolute atomic E-state index is 0.0721. The third-order valence-corrected chi connectivity index (χ3v) is 3.42. The van der Waals surface area contributed by atoms with Crippen LogP contribution in [-0.2, 0) is 0 Å². The molecule has 4 nitrogen and oxygen atoms in total. The van der Waals surface area contributed by atoms with Crippen LogP contribution < -0.4 is 5.73 Å². The van der Waals surface area contributed by atoms with Gasteiger partial charge in [-0.2, -0.15) is 0 Å². The zero-order valence-corrected chi connectivity index (χ0v) is 12.4. The van der Waals surface area contributed by atoms with E-state index in [0.29, 0.717) is 16.8 Å². The second-order valence-corrected chi connectivity index (χ2v) is 5.19. The molecule has 0 fully saturated rings. The van der Waals surface area contributed by atoms with E-state index in [9.17, 15) is 10.1 Å². The van der Waals surface area contributed by atoms with Gasteiger partial charge in [0.2, 0.25) is 0 Å². The Morgan fingerprint density at radius 2 is 1.71 bits per heavy atom. The lowest BCUT2D eigenvalue weighted by Gasteiger charge is -2.09. The van der Waals surface area contributed by atoms with Gasteiger partial charge in [-0.15, -0.1) is 0 Å². The molecule has 2 N–H and O–H groups in total. The average molecular weight is 282 g/mol. The predicted molar refractivity (Wildman–Crippen MR) is 86.4 cm³/mol. The van der Waals surface area contributed by atoms with E-state index in [1.165, 1.54) is 0 Å². The number of nitrogen functional groups attached to an aromatic ring is 1. The molecule has 4 heteroatoms. The number of nitrogens with zero attached hydrogens (tertiary/aromatic N) is 1. The summed E-state index contributed by atoms with van der Waals surface area (Å²) in [5.74, 6) is 0. The molecule has 0 radical (unpaired) electrons. The predicted octanol–water partition coefficient (Wildman–Crippen LogP) is 3.97. The Morgan fingerprint density at radius 1 is 1.14 bits per heavy atom. The summed E-state index contributed by atoms with van der Waals surface area (Å²) in [6, 6.07) is 11.0. The highest BCUT2D eigenvalue weighted by Crippen LogP contribution is 2.28. The largest absolute Gasteiger partial charge is 0.398 e. The topological polar surface area (TPSA) is 69.2 Å². The number of para-hydroxylation sites is 1. The summed E-state index contributed by atoms with van der Waals surface area (Å²) < 4.78 is 0. The Bertz CT molecular complexity index is 710. The number of aryl methyl sites for hydroxylation is 3. The van der Waals surface area contributed by atoms with Crippen molar-refractivity contribution in [2.75, 3.05) is 5.73 Å². The van der Waals surface area contributed by atoms with Crippen molar-refractivity contribution in [3.63, 3.8) is 0 Å². The first-order valence-electron chi connectivity index (χ1n) is 6.69. The fourth-order valence-electron chi connectivity index (χ4n) is 2.59. The second kappa shape index (κ2) is 5.79. The summed E-state index contributed by atoms with van der Waals surface area (Å²) in [6.45, 7) is 5.76. The molecular weight excluding hydrogens is 264 g/mol. The van der Waals surface area contributed by atoms with Gasteiger partial charge in [-0.3, -0.25) is 10.1 Å². The van der Waals surface area contributed by atoms with Crippen molar-refractivity contribution in [2.24, 2.45) is 0 Å². The van der Waals surface area contributed by atoms with Gasteiger partial charge in [0.25, 0.3) is 5.70 Å². The molecule has 2 rings (SSSR count). The molecule has 0 amide bonds. The van der Waals surface area contributed by atoms with Gasteiger partial charge in [-0.25, -0.2) is 0 Å². The van der Waals surface area contributed by atoms with Crippen LogP contribution in [0.3, 0.4) is 0 Å². The molecule has 0 bridgehead atoms. The molecule has 2 aromatic carbocycles. The van der Waals surface area contributed by atoms with E-state index < -0.39 is 0 Å². The van der Waals surface area contributed by atoms with Crippen molar-refractivity contribution in [3.8, 4) is 0 Å². The van der Waals surface area contributed by atoms with Crippen LogP contribution in [0.15, 0.2) is 36.4 Å². The van der Waals surface area contributed by atoms with E-state index in [2.05, 4.69) is 0 Å². The first kappa shape index (κ1) is 14.8. The average Bonchev–Trinajstić information content (AvgIpc) is 2.38. The molecule has 0 heterocycles. The van der Waals surface area contributed by atoms with E-state index in [4.69, 9.17) is 5.73 Å². The van der Waals surface area contributed by atoms with Gasteiger partial charge < -0.3 is 5.73 Å². The number of hydrogen-bond acceptors (Lipinski definition) is 3. The van der Waals surface area contributed by atoms with E-state index in [1.807, 2.05) is 39.0 Å². The summed E-state index contributed by atoms with van der Waals surface area (Å²) in [5.41, 5.74) is 10.7. The van der Waals surface area contributed by atoms with Crippen LogP contribution in [0, 0.1) is 30.9 Å². The number of rotatable bonds is 3. The molecule has 0 aliphatic carbocycles. The van der Waals surface area contributed by atoms with Crippen LogP contribution >= 0.6 is 0 Å². The fourth-order valence-corrected chi connectivity index (χ4v) is 2.59. The summed E-state index contributed by atoms with van der Waals surface area (Å²) in [6.07, 6.45) is 1.54. The monoisotopic (exact) mass is 282 g/mol. The zero-order valence-electron chi connectivity index (χ0n) is 12.4. The Morgan fingerprint density at radius 3 is 2.24 bits per heavy atom. The number of benzene rings is 2. The number of nitro groups is 1. The summed E-state index contributed by atoms with van der Waals surface area (Å²) in [4.78, 5) is 11.2. The van der Waals surface area contributed by atoms with E-state index in [-0.39, 0.29) is 10.6 Å². The molecule has 2 aromatic rings. The lowest BCUT2D eigenvalue weighted by molar-refractivity contribution is -0.374. The highest BCUT2D eigenvalue weighted by atomic mass is 16.6. The van der Waals surface area contributed by atoms with Gasteiger partial charge >= 0.3 is 0 Å². The first-order chi connectivity index (χ1) is 9.90. The van der Waals surface area contributed by atoms with Gasteiger partial charge in [0, 0.05) is 17.3 Å². The van der Waals surface area contributed by atoms with Gasteiger partial charge in [0.1, 0.15) is 0 Å². The van der Waals surface area contributed by atoms with Crippen LogP contribution in [0.2, 0.25) is 0 Å². The summed E-state index contributed by atoms with van der Waals surface area (Å²) in [7, 11) is 0. The summed E-state index contributed by atoms with van der Waals surface area (Å²) in [5, 5.41) is 11.5. The molecule has 108 valence electrons. The molecule has 0 saturated carbocycles. The van der Waals surface area contributed by atoms with Crippen molar-refractivity contribution in [1.82, 2.24) is 0 Å². The second-order valence-electron chi connectivity index (χ2n) is 5.19. The molecule has 0 atom stereocenters. The van der Waals surface area contributed by atoms with Gasteiger partial charge in [-0.05, 0) is 38.0 Å². The van der Waals surface area contributed by atoms with Crippen molar-refractivity contribution < 1.29 is 4.92 Å². The van der Waals surface area contributed by atoms with E-state index in [0.717, 1.165) is 16.7 Å². The Hall–Kier alpha value is -2.62. The standard InChI is InChI=1S/C17H18N2O2/c1-11-8-12(2)17(13(3)9-11)16(19(20)21)10-14-6-4-5-7-15(14)18/h4-10H,18H2,1-3H3. The third-order valence-electron chi connectivity index (χ3n) is 3.42. The lowest BCUT2D eigenvalue weighted by atomic mass is 9.96. The SMILES string of the molecule is Cc1cc(C)c(C(=Cc2ccccc2N)[N+](=O)[O-])c(C)c1. The highest BCUT2D eigenvalue weighted by molar-refractivity contribution is 5.82. The van der Waals surface area contributed by atoms with Crippen LogP contribution in [0.4, 0.5) is 5.69 Å². The molecular formula is C17H18N2O2. The number of nitrogens with two attached hydrogens (primary N) is 1. The van der Waals surface area contributed by atoms with Crippen LogP contribution in [0.25, 0.3) is 11.8 Å². The van der Waals surface area contributed by atoms with Gasteiger partial charge in [0.05, 0.1) is 10.5 Å². The maximum absolute atomic E-state index is 11.5. The van der Waals surface area contributed by atoms with Crippen molar-refractivity contribution in [1.29, 1.82) is 0 Å². The van der Waals surface area contributed by atoms with E-state index in [1.54, 1.807) is 24.3 Å². The summed E-state index contributed by atoms with van der Waals surface area (Å²) >= 11 is 0. The van der Waals surface area contributed by atoms with Crippen molar-refractivity contribution in [2.45, 2.75) is 20.8 Å². The highest BCUT2D eigenvalue weighted by Gasteiger charge is 2.20. The van der Waals surface area contributed by atoms with Crippen LogP contribution in [0.5, 0.6) is 0 Å². The maximum Gasteiger partial charge on any atom is 0.277 e. The van der Waals surface area contributed by atoms with Crippen LogP contribution in [0.1, 0.15) is 27.8 Å². The zero-order chi connectivity index (χ0) is 15.6. The molecule has 0 saturated heterocycles. The lowest BCUT2D eigenvalue weighted by Crippen LogP contribution is -2.03. The molecule has 0 aliphatic rings. The Labute approximate surface area is 124 Å². The van der Waals surface area contributed by atoms with Gasteiger partial charge in [0.15, 0.2) is 0 Å². The molecule has 0 aromatic heterocycles. The van der Waals surface area contributed by atoms with E-state index >= 15 is 0 Å². The maximum atomic E-state index is 11.5. The molecule has 0 aliphatic heterocycles. The number of hydrogen-bond donors (Lipinski definition) is 1. The minimum atomic E-state index is -0.350. The third kappa shape index (κ3) is 3.11.